The number of aromatic nitrogens is 4. The molecule has 2 aromatic carbocycles. The first-order valence-electron chi connectivity index (χ1n) is 10.2. The van der Waals surface area contributed by atoms with Crippen molar-refractivity contribution in [2.24, 2.45) is 0 Å². The van der Waals surface area contributed by atoms with Crippen LogP contribution in [-0.2, 0) is 14.9 Å². The lowest BCUT2D eigenvalue weighted by molar-refractivity contribution is 0.0950. The van der Waals surface area contributed by atoms with Gasteiger partial charge in [-0.1, -0.05) is 0 Å². The summed E-state index contributed by atoms with van der Waals surface area (Å²) < 4.78 is 37.5. The number of nitrogens with one attached hydrogen (secondary N) is 3. The van der Waals surface area contributed by atoms with E-state index < -0.39 is 16.1 Å². The molecule has 0 aliphatic heterocycles. The maximum Gasteiger partial charge on any atom is 0.339 e. The van der Waals surface area contributed by atoms with E-state index in [1.54, 1.807) is 41.5 Å². The highest BCUT2D eigenvalue weighted by molar-refractivity contribution is 7.87. The number of aliphatic hydroxyl groups is 1. The highest BCUT2D eigenvalue weighted by Crippen LogP contribution is 2.24. The molecule has 0 fully saturated rings. The minimum atomic E-state index is -4.07. The van der Waals surface area contributed by atoms with Gasteiger partial charge < -0.3 is 28.9 Å². The summed E-state index contributed by atoms with van der Waals surface area (Å²) in [5.41, 5.74) is 1.75. The molecule has 0 aliphatic rings. The second-order valence-corrected chi connectivity index (χ2v) is 8.53. The quantitative estimate of drug-likeness (QED) is 0.194. The van der Waals surface area contributed by atoms with Crippen LogP contribution in [0.15, 0.2) is 66.1 Å². The summed E-state index contributed by atoms with van der Waals surface area (Å²) in [7, 11) is -4.07. The van der Waals surface area contributed by atoms with E-state index in [-0.39, 0.29) is 43.0 Å². The lowest BCUT2D eigenvalue weighted by Gasteiger charge is -2.08. The Balaban J connectivity index is 1.40. The third-order valence-electron chi connectivity index (χ3n) is 4.59. The molecule has 4 aromatic rings. The zero-order valence-corrected chi connectivity index (χ0v) is 18.7. The number of carbonyl (C=O) groups excluding carboxylic acids is 1. The van der Waals surface area contributed by atoms with Crippen molar-refractivity contribution in [2.45, 2.75) is 4.90 Å². The summed E-state index contributed by atoms with van der Waals surface area (Å²) in [5.74, 6) is 0.258. The molecule has 0 spiro atoms. The van der Waals surface area contributed by atoms with Crippen molar-refractivity contribution < 1.29 is 27.2 Å². The van der Waals surface area contributed by atoms with Gasteiger partial charge in [-0.3, -0.25) is 5.32 Å². The Morgan fingerprint density at radius 3 is 2.71 bits per heavy atom. The number of aliphatic hydroxyl groups excluding tert-OH is 1. The van der Waals surface area contributed by atoms with Crippen molar-refractivity contribution in [1.29, 1.82) is 0 Å². The Hall–Kier alpha value is -3.94. The van der Waals surface area contributed by atoms with E-state index in [0.29, 0.717) is 11.0 Å². The van der Waals surface area contributed by atoms with Crippen LogP contribution in [0.1, 0.15) is 0 Å². The fourth-order valence-electron chi connectivity index (χ4n) is 3.02. The lowest BCUT2D eigenvalue weighted by atomic mass is 10.3. The van der Waals surface area contributed by atoms with E-state index in [4.69, 9.17) is 14.0 Å². The molecule has 2 heterocycles. The van der Waals surface area contributed by atoms with Gasteiger partial charge in [0.1, 0.15) is 10.6 Å². The summed E-state index contributed by atoms with van der Waals surface area (Å²) in [6, 6.07) is 10.2. The number of imidazole rings is 2. The number of ether oxygens (including phenoxy) is 1. The number of fused-ring (bicyclic) bond motifs is 1. The number of urea groups is 1. The number of carbonyl (C=O) groups is 1. The molecule has 0 aliphatic carbocycles. The van der Waals surface area contributed by atoms with Crippen LogP contribution in [0, 0.1) is 0 Å². The van der Waals surface area contributed by atoms with Crippen LogP contribution in [0.25, 0.3) is 16.7 Å². The fourth-order valence-corrected chi connectivity index (χ4v) is 3.95. The number of H-pyrrole nitrogens is 1. The SMILES string of the molecule is O=C(NCCOCCO)Nc1nc2cc(OS(=O)(=O)c3ccc(-n4ccnc4)cc3)ccc2[nH]1. The van der Waals surface area contributed by atoms with Gasteiger partial charge in [0.05, 0.1) is 37.2 Å². The molecule has 13 heteroatoms. The van der Waals surface area contributed by atoms with Gasteiger partial charge in [0.25, 0.3) is 0 Å². The van der Waals surface area contributed by atoms with E-state index in [2.05, 4.69) is 25.6 Å². The molecule has 0 saturated heterocycles. The number of benzene rings is 2. The standard InChI is InChI=1S/C21H22N6O6S/c28-10-12-32-11-8-23-21(29)26-20-24-18-6-3-16(13-19(18)25-20)33-34(30,31)17-4-1-15(2-5-17)27-9-7-22-14-27/h1-7,9,13-14,28H,8,10-12H2,(H3,23,24,25,26,29). The van der Waals surface area contributed by atoms with E-state index in [0.717, 1.165) is 5.69 Å². The zero-order chi connectivity index (χ0) is 24.0. The van der Waals surface area contributed by atoms with Crippen LogP contribution in [0.3, 0.4) is 0 Å². The molecular weight excluding hydrogens is 464 g/mol. The topological polar surface area (TPSA) is 160 Å². The first-order valence-corrected chi connectivity index (χ1v) is 11.6. The number of anilines is 1. The molecule has 0 unspecified atom stereocenters. The largest absolute Gasteiger partial charge is 0.394 e. The average Bonchev–Trinajstić information content (AvgIpc) is 3.48. The van der Waals surface area contributed by atoms with Gasteiger partial charge in [-0.25, -0.2) is 14.8 Å². The molecule has 2 amide bonds. The average molecular weight is 487 g/mol. The van der Waals surface area contributed by atoms with Gasteiger partial charge in [-0.15, -0.1) is 0 Å². The third kappa shape index (κ3) is 5.70. The van der Waals surface area contributed by atoms with Crippen LogP contribution in [-0.4, -0.2) is 65.4 Å². The van der Waals surface area contributed by atoms with Crippen molar-refractivity contribution in [3.05, 3.63) is 61.2 Å². The molecular formula is C21H22N6O6S. The minimum absolute atomic E-state index is 0.000449. The van der Waals surface area contributed by atoms with Gasteiger partial charge in [-0.2, -0.15) is 8.42 Å². The molecule has 0 bridgehead atoms. The Bertz CT molecular complexity index is 1350. The maximum atomic E-state index is 12.7. The maximum absolute atomic E-state index is 12.7. The molecule has 12 nitrogen and oxygen atoms in total. The van der Waals surface area contributed by atoms with Crippen molar-refractivity contribution in [2.75, 3.05) is 31.7 Å². The van der Waals surface area contributed by atoms with Gasteiger partial charge in [0.2, 0.25) is 5.95 Å². The number of nitrogens with zero attached hydrogens (tertiary/aromatic N) is 3. The van der Waals surface area contributed by atoms with E-state index in [1.807, 2.05) is 0 Å². The second-order valence-electron chi connectivity index (χ2n) is 6.98. The summed E-state index contributed by atoms with van der Waals surface area (Å²) >= 11 is 0. The van der Waals surface area contributed by atoms with Gasteiger partial charge in [0, 0.05) is 30.7 Å². The number of aromatic amines is 1. The van der Waals surface area contributed by atoms with E-state index >= 15 is 0 Å². The Morgan fingerprint density at radius 2 is 1.97 bits per heavy atom. The van der Waals surface area contributed by atoms with Crippen LogP contribution >= 0.6 is 0 Å². The highest BCUT2D eigenvalue weighted by Gasteiger charge is 2.18. The van der Waals surface area contributed by atoms with Gasteiger partial charge in [-0.05, 0) is 36.4 Å². The number of hydrogen-bond donors (Lipinski definition) is 4. The monoisotopic (exact) mass is 486 g/mol. The normalized spacial score (nSPS) is 11.4. The number of rotatable bonds is 10. The van der Waals surface area contributed by atoms with Crippen LogP contribution in [0.2, 0.25) is 0 Å². The van der Waals surface area contributed by atoms with Crippen LogP contribution in [0.5, 0.6) is 5.75 Å². The van der Waals surface area contributed by atoms with Crippen LogP contribution < -0.4 is 14.8 Å². The minimum Gasteiger partial charge on any atom is -0.394 e. The Labute approximate surface area is 194 Å². The summed E-state index contributed by atoms with van der Waals surface area (Å²) in [4.78, 5) is 23.1. The summed E-state index contributed by atoms with van der Waals surface area (Å²) in [5, 5.41) is 13.8. The smallest absolute Gasteiger partial charge is 0.339 e. The third-order valence-corrected chi connectivity index (χ3v) is 5.85. The molecule has 4 N–H and O–H groups in total. The van der Waals surface area contributed by atoms with E-state index in [1.165, 1.54) is 24.3 Å². The summed E-state index contributed by atoms with van der Waals surface area (Å²) in [6.45, 7) is 0.626. The molecule has 34 heavy (non-hydrogen) atoms. The van der Waals surface area contributed by atoms with Crippen molar-refractivity contribution in [1.82, 2.24) is 24.8 Å². The zero-order valence-electron chi connectivity index (χ0n) is 17.8. The molecule has 0 saturated carbocycles. The fraction of sp³-hybridized carbons (Fsp3) is 0.190. The molecule has 0 atom stereocenters. The molecule has 4 rings (SSSR count). The van der Waals surface area contributed by atoms with Crippen LogP contribution in [0.4, 0.5) is 10.7 Å². The van der Waals surface area contributed by atoms with Crippen molar-refractivity contribution in [3.63, 3.8) is 0 Å². The number of hydrogen-bond acceptors (Lipinski definition) is 8. The Kier molecular flexibility index (Phi) is 7.06. The Morgan fingerprint density at radius 1 is 1.15 bits per heavy atom. The molecule has 0 radical (unpaired) electrons. The molecule has 2 aromatic heterocycles. The first kappa shape index (κ1) is 23.2. The lowest BCUT2D eigenvalue weighted by Crippen LogP contribution is -2.32. The van der Waals surface area contributed by atoms with Crippen molar-refractivity contribution in [3.8, 4) is 11.4 Å². The highest BCUT2D eigenvalue weighted by atomic mass is 32.2. The predicted molar refractivity (Wildman–Crippen MR) is 122 cm³/mol. The molecule has 178 valence electrons. The predicted octanol–water partition coefficient (Wildman–Crippen LogP) is 1.65. The second kappa shape index (κ2) is 10.3. The summed E-state index contributed by atoms with van der Waals surface area (Å²) in [6.07, 6.45) is 4.99. The van der Waals surface area contributed by atoms with Gasteiger partial charge in [0.15, 0.2) is 0 Å². The van der Waals surface area contributed by atoms with Crippen molar-refractivity contribution >= 4 is 33.1 Å². The van der Waals surface area contributed by atoms with E-state index in [9.17, 15) is 13.2 Å². The van der Waals surface area contributed by atoms with Gasteiger partial charge >= 0.3 is 16.1 Å². The first-order chi connectivity index (χ1) is 16.4. The number of amides is 2.